The standard InChI is InChI=1S/C27H30N2O4/c1-19(2)32-27(30)28-14-10-23(11-15-28)33-26-5-3-4-25-24(26)12-16-29(25)22-8-6-20(7-9-22)21-13-17-31-18-21/h3-9,13,17-19,23H,10-12,14-16H2,1-2H3. The van der Waals surface area contributed by atoms with Gasteiger partial charge in [0.25, 0.3) is 0 Å². The largest absolute Gasteiger partial charge is 0.490 e. The summed E-state index contributed by atoms with van der Waals surface area (Å²) in [5, 5.41) is 0. The molecule has 0 aliphatic carbocycles. The van der Waals surface area contributed by atoms with Crippen LogP contribution < -0.4 is 9.64 Å². The Morgan fingerprint density at radius 3 is 2.48 bits per heavy atom. The van der Waals surface area contributed by atoms with Crippen LogP contribution in [-0.2, 0) is 11.2 Å². The van der Waals surface area contributed by atoms with Crippen molar-refractivity contribution in [1.29, 1.82) is 0 Å². The van der Waals surface area contributed by atoms with Gasteiger partial charge in [-0.3, -0.25) is 0 Å². The van der Waals surface area contributed by atoms with E-state index in [4.69, 9.17) is 13.9 Å². The van der Waals surface area contributed by atoms with E-state index in [1.54, 1.807) is 17.4 Å². The lowest BCUT2D eigenvalue weighted by Gasteiger charge is -2.32. The van der Waals surface area contributed by atoms with Crippen molar-refractivity contribution in [3.05, 3.63) is 66.6 Å². The molecule has 1 amide bonds. The normalized spacial score (nSPS) is 16.2. The molecule has 3 aromatic rings. The molecular weight excluding hydrogens is 416 g/mol. The second kappa shape index (κ2) is 9.22. The maximum absolute atomic E-state index is 12.1. The van der Waals surface area contributed by atoms with Crippen molar-refractivity contribution in [2.75, 3.05) is 24.5 Å². The molecule has 2 aliphatic rings. The number of hydrogen-bond donors (Lipinski definition) is 0. The maximum atomic E-state index is 12.1. The summed E-state index contributed by atoms with van der Waals surface area (Å²) in [7, 11) is 0. The number of likely N-dealkylation sites (tertiary alicyclic amines) is 1. The fourth-order valence-electron chi connectivity index (χ4n) is 4.66. The fraction of sp³-hybridized carbons (Fsp3) is 0.370. The third-order valence-corrected chi connectivity index (χ3v) is 6.35. The van der Waals surface area contributed by atoms with Gasteiger partial charge in [-0.15, -0.1) is 0 Å². The average Bonchev–Trinajstić information content (AvgIpc) is 3.50. The highest BCUT2D eigenvalue weighted by Gasteiger charge is 2.28. The average molecular weight is 447 g/mol. The number of ether oxygens (including phenoxy) is 2. The van der Waals surface area contributed by atoms with Crippen molar-refractivity contribution < 1.29 is 18.7 Å². The molecule has 2 aromatic carbocycles. The minimum atomic E-state index is -0.224. The van der Waals surface area contributed by atoms with Gasteiger partial charge in [0.2, 0.25) is 0 Å². The van der Waals surface area contributed by atoms with E-state index in [1.165, 1.54) is 16.9 Å². The van der Waals surface area contributed by atoms with Gasteiger partial charge in [-0.05, 0) is 56.2 Å². The highest BCUT2D eigenvalue weighted by Crippen LogP contribution is 2.40. The highest BCUT2D eigenvalue weighted by atomic mass is 16.6. The maximum Gasteiger partial charge on any atom is 0.410 e. The quantitative estimate of drug-likeness (QED) is 0.479. The van der Waals surface area contributed by atoms with Gasteiger partial charge in [-0.25, -0.2) is 4.79 Å². The number of nitrogens with zero attached hydrogens (tertiary/aromatic N) is 2. The van der Waals surface area contributed by atoms with Gasteiger partial charge in [-0.1, -0.05) is 18.2 Å². The molecule has 0 unspecified atom stereocenters. The molecule has 172 valence electrons. The molecule has 0 atom stereocenters. The monoisotopic (exact) mass is 446 g/mol. The molecule has 0 N–H and O–H groups in total. The van der Waals surface area contributed by atoms with Gasteiger partial charge in [0.05, 0.1) is 18.6 Å². The van der Waals surface area contributed by atoms with Gasteiger partial charge < -0.3 is 23.7 Å². The first-order valence-electron chi connectivity index (χ1n) is 11.7. The van der Waals surface area contributed by atoms with Gasteiger partial charge in [-0.2, -0.15) is 0 Å². The Morgan fingerprint density at radius 2 is 1.79 bits per heavy atom. The second-order valence-corrected chi connectivity index (χ2v) is 8.95. The highest BCUT2D eigenvalue weighted by molar-refractivity contribution is 5.74. The minimum Gasteiger partial charge on any atom is -0.490 e. The van der Waals surface area contributed by atoms with Crippen LogP contribution >= 0.6 is 0 Å². The number of benzene rings is 2. The van der Waals surface area contributed by atoms with Crippen molar-refractivity contribution in [3.8, 4) is 16.9 Å². The number of fused-ring (bicyclic) bond motifs is 1. The minimum absolute atomic E-state index is 0.0943. The number of piperidine rings is 1. The number of amides is 1. The first-order valence-corrected chi connectivity index (χ1v) is 11.7. The molecule has 1 saturated heterocycles. The van der Waals surface area contributed by atoms with Gasteiger partial charge in [0.1, 0.15) is 11.9 Å². The van der Waals surface area contributed by atoms with Crippen molar-refractivity contribution in [1.82, 2.24) is 4.90 Å². The summed E-state index contributed by atoms with van der Waals surface area (Å²) in [5.74, 6) is 0.966. The van der Waals surface area contributed by atoms with E-state index in [2.05, 4.69) is 47.4 Å². The summed E-state index contributed by atoms with van der Waals surface area (Å²) in [5.41, 5.74) is 5.88. The third kappa shape index (κ3) is 4.56. The molecule has 0 saturated carbocycles. The zero-order valence-corrected chi connectivity index (χ0v) is 19.2. The molecule has 3 heterocycles. The Labute approximate surface area is 194 Å². The number of carbonyl (C=O) groups excluding carboxylic acids is 1. The van der Waals surface area contributed by atoms with Crippen LogP contribution in [0.15, 0.2) is 65.5 Å². The number of rotatable bonds is 5. The van der Waals surface area contributed by atoms with Gasteiger partial charge in [0, 0.05) is 55.0 Å². The van der Waals surface area contributed by atoms with E-state index >= 15 is 0 Å². The number of furan rings is 1. The van der Waals surface area contributed by atoms with Crippen LogP contribution in [0.2, 0.25) is 0 Å². The van der Waals surface area contributed by atoms with Gasteiger partial charge >= 0.3 is 6.09 Å². The van der Waals surface area contributed by atoms with Crippen LogP contribution in [0.1, 0.15) is 32.3 Å². The van der Waals surface area contributed by atoms with Crippen molar-refractivity contribution in [2.24, 2.45) is 0 Å². The fourth-order valence-corrected chi connectivity index (χ4v) is 4.66. The molecule has 6 nitrogen and oxygen atoms in total. The molecular formula is C27H30N2O4. The summed E-state index contributed by atoms with van der Waals surface area (Å²) in [4.78, 5) is 16.3. The van der Waals surface area contributed by atoms with E-state index in [1.807, 2.05) is 19.9 Å². The zero-order valence-electron chi connectivity index (χ0n) is 19.2. The lowest BCUT2D eigenvalue weighted by Crippen LogP contribution is -2.42. The summed E-state index contributed by atoms with van der Waals surface area (Å²) in [6, 6.07) is 16.9. The Hall–Kier alpha value is -3.41. The number of carbonyl (C=O) groups is 1. The van der Waals surface area contributed by atoms with E-state index in [0.29, 0.717) is 13.1 Å². The Morgan fingerprint density at radius 1 is 1.00 bits per heavy atom. The predicted molar refractivity (Wildman–Crippen MR) is 128 cm³/mol. The van der Waals surface area contributed by atoms with Crippen molar-refractivity contribution >= 4 is 17.5 Å². The summed E-state index contributed by atoms with van der Waals surface area (Å²) in [6.07, 6.45) is 5.84. The molecule has 2 aliphatic heterocycles. The molecule has 0 radical (unpaired) electrons. The van der Waals surface area contributed by atoms with Crippen LogP contribution in [0.3, 0.4) is 0 Å². The topological polar surface area (TPSA) is 55.1 Å². The van der Waals surface area contributed by atoms with Crippen LogP contribution in [0.25, 0.3) is 11.1 Å². The number of hydrogen-bond acceptors (Lipinski definition) is 5. The summed E-state index contributed by atoms with van der Waals surface area (Å²) >= 11 is 0. The van der Waals surface area contributed by atoms with E-state index in [9.17, 15) is 4.79 Å². The SMILES string of the molecule is CC(C)OC(=O)N1CCC(Oc2cccc3c2CCN3c2ccc(-c3ccoc3)cc2)CC1. The molecule has 0 spiro atoms. The lowest BCUT2D eigenvalue weighted by atomic mass is 10.1. The van der Waals surface area contributed by atoms with Gasteiger partial charge in [0.15, 0.2) is 0 Å². The van der Waals surface area contributed by atoms with Crippen molar-refractivity contribution in [2.45, 2.75) is 45.3 Å². The smallest absolute Gasteiger partial charge is 0.410 e. The molecule has 6 heteroatoms. The Balaban J connectivity index is 1.25. The third-order valence-electron chi connectivity index (χ3n) is 6.35. The number of anilines is 2. The second-order valence-electron chi connectivity index (χ2n) is 8.95. The predicted octanol–water partition coefficient (Wildman–Crippen LogP) is 6.03. The van der Waals surface area contributed by atoms with Crippen molar-refractivity contribution in [3.63, 3.8) is 0 Å². The Kier molecular flexibility index (Phi) is 5.99. The molecule has 33 heavy (non-hydrogen) atoms. The van der Waals surface area contributed by atoms with E-state index in [-0.39, 0.29) is 18.3 Å². The van der Waals surface area contributed by atoms with Crippen LogP contribution in [0.4, 0.5) is 16.2 Å². The summed E-state index contributed by atoms with van der Waals surface area (Å²) < 4.78 is 17.0. The van der Waals surface area contributed by atoms with E-state index in [0.717, 1.165) is 42.7 Å². The molecule has 5 rings (SSSR count). The first kappa shape index (κ1) is 21.4. The van der Waals surface area contributed by atoms with Crippen LogP contribution in [-0.4, -0.2) is 42.8 Å². The van der Waals surface area contributed by atoms with Crippen LogP contribution in [0, 0.1) is 0 Å². The first-order chi connectivity index (χ1) is 16.1. The molecule has 1 aromatic heterocycles. The Bertz CT molecular complexity index is 1080. The lowest BCUT2D eigenvalue weighted by molar-refractivity contribution is 0.0515. The molecule has 0 bridgehead atoms. The zero-order chi connectivity index (χ0) is 22.8. The molecule has 1 fully saturated rings. The van der Waals surface area contributed by atoms with E-state index < -0.39 is 0 Å². The summed E-state index contributed by atoms with van der Waals surface area (Å²) in [6.45, 7) is 6.02. The van der Waals surface area contributed by atoms with Crippen LogP contribution in [0.5, 0.6) is 5.75 Å².